The second-order valence-corrected chi connectivity index (χ2v) is 23.0. The van der Waals surface area contributed by atoms with Crippen molar-refractivity contribution in [3.8, 4) is 39.5 Å². The van der Waals surface area contributed by atoms with Crippen LogP contribution >= 0.6 is 0 Å². The molecule has 5 aromatic heterocycles. The summed E-state index contributed by atoms with van der Waals surface area (Å²) in [6.45, 7) is 16.1. The molecule has 6 nitrogen and oxygen atoms in total. The average Bonchev–Trinajstić information content (AvgIpc) is 3.99. The maximum absolute atomic E-state index is 6.65. The first-order chi connectivity index (χ1) is 30.5. The zero-order chi connectivity index (χ0) is 43.4. The summed E-state index contributed by atoms with van der Waals surface area (Å²) < 4.78 is 15.2. The van der Waals surface area contributed by atoms with Crippen LogP contribution in [-0.2, 0) is 20.1 Å². The van der Waals surface area contributed by atoms with E-state index in [1.165, 1.54) is 33.1 Å². The third kappa shape index (κ3) is 7.80. The fourth-order valence-electron chi connectivity index (χ4n) is 8.54. The minimum Gasteiger partial charge on any atom is -0.486 e. The molecule has 0 aliphatic rings. The summed E-state index contributed by atoms with van der Waals surface area (Å²) in [5, 5.41) is 4.23. The fraction of sp³-hybridized carbons (Fsp3) is 0.161. The summed E-state index contributed by atoms with van der Waals surface area (Å²) in [5.41, 5.74) is 14.6. The van der Waals surface area contributed by atoms with Gasteiger partial charge in [0.25, 0.3) is 0 Å². The Kier molecular flexibility index (Phi) is 11.6. The van der Waals surface area contributed by atoms with Gasteiger partial charge in [0.15, 0.2) is 5.58 Å². The molecule has 11 aromatic rings. The summed E-state index contributed by atoms with van der Waals surface area (Å²) in [5.74, 6) is 1.32. The molecule has 0 atom stereocenters. The molecule has 0 aliphatic heterocycles. The van der Waals surface area contributed by atoms with Crippen LogP contribution in [0.4, 0.5) is 0 Å². The monoisotopic (exact) mass is 1030 g/mol. The summed E-state index contributed by atoms with van der Waals surface area (Å²) in [6.07, 6.45) is 2.02. The molecule has 1 radical (unpaired) electrons. The van der Waals surface area contributed by atoms with Gasteiger partial charge in [-0.2, -0.15) is 0 Å². The molecule has 8 heteroatoms. The smallest absolute Gasteiger partial charge is 0.216 e. The first-order valence-electron chi connectivity index (χ1n) is 21.7. The quantitative estimate of drug-likeness (QED) is 0.117. The Morgan fingerprint density at radius 3 is 2.03 bits per heavy atom. The van der Waals surface area contributed by atoms with Crippen LogP contribution in [-0.4, -0.2) is 27.6 Å². The average molecular weight is 1030 g/mol. The Bertz CT molecular complexity index is 3410. The van der Waals surface area contributed by atoms with Crippen LogP contribution in [0.3, 0.4) is 0 Å². The van der Waals surface area contributed by atoms with Gasteiger partial charge in [-0.1, -0.05) is 125 Å². The Morgan fingerprint density at radius 1 is 0.609 bits per heavy atom. The number of fused-ring (bicyclic) bond motifs is 7. The number of hydrogen-bond donors (Lipinski definition) is 0. The Morgan fingerprint density at radius 2 is 1.33 bits per heavy atom. The number of pyridine rings is 2. The molecule has 0 saturated carbocycles. The standard InChI is InChI=1S/C42H32N3O2.C14H16NSi.Ir/c1-24(2)31-21-27(26-13-6-5-7-14-26)22-32(25(3)4)39(31)45-35-19-10-9-18-34(35)43-41(45)30-17-12-16-28-33-23-37-38(44-42(33)47-40(28)30)29-15-8-11-20-36(29)46-37;1-16(2,3)13-9-10-14(15-11-13)12-7-5-4-6-8-12;/h5-16,18-25H,1-4H3;4-7,9-11H,1-3H3;/q2*-1;. The van der Waals surface area contributed by atoms with Gasteiger partial charge in [0, 0.05) is 42.8 Å². The van der Waals surface area contributed by atoms with Crippen molar-refractivity contribution in [2.75, 3.05) is 0 Å². The SMILES string of the molecule is CC(C)c1cc(-c2ccccc2)cc(C(C)C)c1-n1c(-c2[c-]ccc3c2oc2nc4c(cc23)oc2ccccc24)nc2ccccc21.C[Si](C)(C)c1ccc(-c2[c-]cccc2)nc1.[Ir]. The number of aromatic nitrogens is 4. The van der Waals surface area contributed by atoms with E-state index in [2.05, 4.69) is 142 Å². The Hall–Kier alpha value is -6.44. The van der Waals surface area contributed by atoms with Crippen LogP contribution in [0.15, 0.2) is 161 Å². The maximum atomic E-state index is 6.65. The van der Waals surface area contributed by atoms with Crippen LogP contribution in [0.25, 0.3) is 94.6 Å². The molecule has 6 aromatic carbocycles. The topological polar surface area (TPSA) is 69.9 Å². The zero-order valence-corrected chi connectivity index (χ0v) is 40.4. The van der Waals surface area contributed by atoms with Crippen molar-refractivity contribution in [2.24, 2.45) is 0 Å². The summed E-state index contributed by atoms with van der Waals surface area (Å²) in [7, 11) is -1.23. The zero-order valence-electron chi connectivity index (χ0n) is 37.0. The molecule has 0 spiro atoms. The summed E-state index contributed by atoms with van der Waals surface area (Å²) in [4.78, 5) is 14.8. The number of rotatable bonds is 7. The van der Waals surface area contributed by atoms with E-state index in [0.29, 0.717) is 11.3 Å². The number of para-hydroxylation sites is 3. The third-order valence-corrected chi connectivity index (χ3v) is 13.9. The molecular weight excluding hydrogens is 981 g/mol. The van der Waals surface area contributed by atoms with Crippen LogP contribution in [0, 0.1) is 12.1 Å². The van der Waals surface area contributed by atoms with Crippen molar-refractivity contribution < 1.29 is 28.9 Å². The van der Waals surface area contributed by atoms with Crippen molar-refractivity contribution in [3.63, 3.8) is 0 Å². The molecule has 0 bridgehead atoms. The van der Waals surface area contributed by atoms with Crippen LogP contribution in [0.5, 0.6) is 0 Å². The Balaban J connectivity index is 0.000000258. The van der Waals surface area contributed by atoms with Gasteiger partial charge < -0.3 is 18.4 Å². The minimum absolute atomic E-state index is 0. The number of nitrogens with zero attached hydrogens (tertiary/aromatic N) is 4. The Labute approximate surface area is 388 Å². The van der Waals surface area contributed by atoms with Crippen molar-refractivity contribution >= 4 is 68.4 Å². The molecular formula is C56H48IrN4O2Si-2. The predicted molar refractivity (Wildman–Crippen MR) is 263 cm³/mol. The first-order valence-corrected chi connectivity index (χ1v) is 25.2. The number of imidazole rings is 1. The van der Waals surface area contributed by atoms with Gasteiger partial charge in [-0.25, -0.2) is 4.98 Å². The molecule has 319 valence electrons. The molecule has 11 rings (SSSR count). The molecule has 0 fully saturated rings. The number of hydrogen-bond acceptors (Lipinski definition) is 5. The van der Waals surface area contributed by atoms with Gasteiger partial charge >= 0.3 is 0 Å². The van der Waals surface area contributed by atoms with Gasteiger partial charge in [-0.15, -0.1) is 54.1 Å². The van der Waals surface area contributed by atoms with Crippen LogP contribution in [0.2, 0.25) is 19.6 Å². The van der Waals surface area contributed by atoms with E-state index in [-0.39, 0.29) is 31.9 Å². The van der Waals surface area contributed by atoms with Gasteiger partial charge in [0.2, 0.25) is 5.71 Å². The van der Waals surface area contributed by atoms with Gasteiger partial charge in [0.1, 0.15) is 11.1 Å². The molecule has 64 heavy (non-hydrogen) atoms. The van der Waals surface area contributed by atoms with Gasteiger partial charge in [0.05, 0.1) is 30.5 Å². The van der Waals surface area contributed by atoms with Crippen LogP contribution < -0.4 is 5.19 Å². The normalized spacial score (nSPS) is 11.8. The van der Waals surface area contributed by atoms with Crippen molar-refractivity contribution in [1.82, 2.24) is 19.5 Å². The summed E-state index contributed by atoms with van der Waals surface area (Å²) >= 11 is 0. The third-order valence-electron chi connectivity index (χ3n) is 11.9. The maximum Gasteiger partial charge on any atom is 0.216 e. The molecule has 0 N–H and O–H groups in total. The number of benzene rings is 6. The largest absolute Gasteiger partial charge is 0.486 e. The first kappa shape index (κ1) is 42.8. The van der Waals surface area contributed by atoms with Gasteiger partial charge in [-0.3, -0.25) is 4.98 Å². The minimum atomic E-state index is -1.23. The fourth-order valence-corrected chi connectivity index (χ4v) is 9.57. The van der Waals surface area contributed by atoms with E-state index in [9.17, 15) is 0 Å². The number of furan rings is 2. The molecule has 5 heterocycles. The van der Waals surface area contributed by atoms with E-state index >= 15 is 0 Å². The predicted octanol–water partition coefficient (Wildman–Crippen LogP) is 14.7. The van der Waals surface area contributed by atoms with E-state index in [0.717, 1.165) is 66.5 Å². The van der Waals surface area contributed by atoms with Crippen molar-refractivity contribution in [1.29, 1.82) is 0 Å². The van der Waals surface area contributed by atoms with E-state index < -0.39 is 8.07 Å². The van der Waals surface area contributed by atoms with Gasteiger partial charge in [-0.05, 0) is 87.4 Å². The molecule has 0 unspecified atom stereocenters. The van der Waals surface area contributed by atoms with E-state index in [1.807, 2.05) is 79.0 Å². The molecule has 0 saturated heterocycles. The summed E-state index contributed by atoms with van der Waals surface area (Å²) in [6, 6.07) is 56.7. The van der Waals surface area contributed by atoms with E-state index in [1.54, 1.807) is 0 Å². The molecule has 0 amide bonds. The molecule has 0 aliphatic carbocycles. The van der Waals surface area contributed by atoms with E-state index in [4.69, 9.17) is 18.8 Å². The van der Waals surface area contributed by atoms with Crippen molar-refractivity contribution in [3.05, 3.63) is 175 Å². The second-order valence-electron chi connectivity index (χ2n) is 17.9. The van der Waals surface area contributed by atoms with Crippen LogP contribution in [0.1, 0.15) is 50.7 Å². The second kappa shape index (κ2) is 17.3. The van der Waals surface area contributed by atoms with Crippen molar-refractivity contribution in [2.45, 2.75) is 59.2 Å².